The normalized spacial score (nSPS) is 12.8. The van der Waals surface area contributed by atoms with Gasteiger partial charge in [-0.3, -0.25) is 0 Å². The molecule has 1 aromatic rings. The van der Waals surface area contributed by atoms with E-state index in [1.54, 1.807) is 0 Å². The van der Waals surface area contributed by atoms with E-state index in [1.165, 1.54) is 6.07 Å². The summed E-state index contributed by atoms with van der Waals surface area (Å²) in [6, 6.07) is 3.89. The van der Waals surface area contributed by atoms with E-state index in [1.807, 2.05) is 0 Å². The van der Waals surface area contributed by atoms with E-state index in [4.69, 9.17) is 5.11 Å². The van der Waals surface area contributed by atoms with Crippen molar-refractivity contribution in [3.63, 3.8) is 0 Å². The van der Waals surface area contributed by atoms with Crippen LogP contribution in [0.25, 0.3) is 0 Å². The first-order valence-electron chi connectivity index (χ1n) is 3.36. The fourth-order valence-electron chi connectivity index (χ4n) is 0.809. The maximum absolute atomic E-state index is 12.0. The van der Waals surface area contributed by atoms with E-state index in [-0.39, 0.29) is 0 Å². The molecule has 0 radical (unpaired) electrons. The molecule has 0 aliphatic rings. The zero-order chi connectivity index (χ0) is 11.0. The molecule has 1 aromatic carbocycles. The summed E-state index contributed by atoms with van der Waals surface area (Å²) in [4.78, 5) is -1.13. The molecule has 1 N–H and O–H groups in total. The number of rotatable bonds is 1. The quantitative estimate of drug-likeness (QED) is 0.792. The van der Waals surface area contributed by atoms with Crippen LogP contribution in [0.2, 0.25) is 0 Å². The number of para-hydroxylation sites is 1. The first-order chi connectivity index (χ1) is 6.27. The summed E-state index contributed by atoms with van der Waals surface area (Å²) in [7, 11) is -5.46. The van der Waals surface area contributed by atoms with Crippen molar-refractivity contribution in [3.05, 3.63) is 24.3 Å². The first kappa shape index (κ1) is 10.8. The molecular weight excluding hydrogens is 221 g/mol. The molecule has 0 heterocycles. The van der Waals surface area contributed by atoms with E-state index < -0.39 is 26.0 Å². The third kappa shape index (κ3) is 1.67. The monoisotopic (exact) mass is 226 g/mol. The molecule has 0 amide bonds. The molecular formula is C7H5F3O3S. The number of sulfone groups is 1. The standard InChI is InChI=1S/C7H5F3O3S/c8-7(9,10)14(12,13)6-4-2-1-3-5(6)11/h1-4,11H. The third-order valence-electron chi connectivity index (χ3n) is 1.46. The van der Waals surface area contributed by atoms with Gasteiger partial charge in [-0.1, -0.05) is 12.1 Å². The van der Waals surface area contributed by atoms with Gasteiger partial charge in [0.1, 0.15) is 10.6 Å². The zero-order valence-corrected chi connectivity index (χ0v) is 7.43. The van der Waals surface area contributed by atoms with Gasteiger partial charge in [0.25, 0.3) is 9.84 Å². The summed E-state index contributed by atoms with van der Waals surface area (Å²) in [6.45, 7) is 0. The highest BCUT2D eigenvalue weighted by Gasteiger charge is 2.48. The smallest absolute Gasteiger partial charge is 0.502 e. The molecule has 0 spiro atoms. The second-order valence-corrected chi connectivity index (χ2v) is 4.33. The maximum atomic E-state index is 12.0. The van der Waals surface area contributed by atoms with E-state index in [0.29, 0.717) is 6.07 Å². The van der Waals surface area contributed by atoms with Crippen molar-refractivity contribution in [1.82, 2.24) is 0 Å². The highest BCUT2D eigenvalue weighted by molar-refractivity contribution is 7.92. The number of aromatic hydroxyl groups is 1. The molecule has 0 saturated carbocycles. The van der Waals surface area contributed by atoms with Gasteiger partial charge in [0.15, 0.2) is 0 Å². The summed E-state index contributed by atoms with van der Waals surface area (Å²) in [5, 5.41) is 8.93. The lowest BCUT2D eigenvalue weighted by Gasteiger charge is -2.08. The van der Waals surface area contributed by atoms with Crippen molar-refractivity contribution in [2.24, 2.45) is 0 Å². The van der Waals surface area contributed by atoms with Gasteiger partial charge in [-0.15, -0.1) is 0 Å². The maximum Gasteiger partial charge on any atom is 0.502 e. The number of hydrogen-bond acceptors (Lipinski definition) is 3. The number of alkyl halides is 3. The van der Waals surface area contributed by atoms with Crippen LogP contribution in [0.3, 0.4) is 0 Å². The lowest BCUT2D eigenvalue weighted by molar-refractivity contribution is -0.0437. The predicted octanol–water partition coefficient (Wildman–Crippen LogP) is 1.69. The molecule has 78 valence electrons. The molecule has 0 atom stereocenters. The number of phenols is 1. The number of benzene rings is 1. The second-order valence-electron chi connectivity index (χ2n) is 2.42. The molecule has 3 nitrogen and oxygen atoms in total. The van der Waals surface area contributed by atoms with Crippen molar-refractivity contribution in [3.8, 4) is 5.75 Å². The van der Waals surface area contributed by atoms with Crippen LogP contribution in [0.15, 0.2) is 29.2 Å². The Hall–Kier alpha value is -1.24. The lowest BCUT2D eigenvalue weighted by atomic mass is 10.3. The summed E-state index contributed by atoms with van der Waals surface area (Å²) >= 11 is 0. The van der Waals surface area contributed by atoms with Crippen LogP contribution >= 0.6 is 0 Å². The topological polar surface area (TPSA) is 54.4 Å². The Labute approximate surface area is 77.7 Å². The average molecular weight is 226 g/mol. The van der Waals surface area contributed by atoms with Gasteiger partial charge in [0.05, 0.1) is 0 Å². The number of phenolic OH excluding ortho intramolecular Hbond substituents is 1. The highest BCUT2D eigenvalue weighted by Crippen LogP contribution is 2.34. The van der Waals surface area contributed by atoms with Crippen LogP contribution in [-0.2, 0) is 9.84 Å². The van der Waals surface area contributed by atoms with Gasteiger partial charge in [-0.25, -0.2) is 8.42 Å². The second kappa shape index (κ2) is 3.16. The summed E-state index contributed by atoms with van der Waals surface area (Å²) in [6.07, 6.45) is 0. The Morgan fingerprint density at radius 2 is 1.64 bits per heavy atom. The molecule has 0 bridgehead atoms. The van der Waals surface area contributed by atoms with E-state index in [9.17, 15) is 21.6 Å². The Bertz CT molecular complexity index is 436. The Balaban J connectivity index is 3.40. The van der Waals surface area contributed by atoms with Crippen LogP contribution in [0.4, 0.5) is 13.2 Å². The lowest BCUT2D eigenvalue weighted by Crippen LogP contribution is -2.23. The van der Waals surface area contributed by atoms with E-state index >= 15 is 0 Å². The molecule has 14 heavy (non-hydrogen) atoms. The van der Waals surface area contributed by atoms with Gasteiger partial charge < -0.3 is 5.11 Å². The molecule has 0 unspecified atom stereocenters. The van der Waals surface area contributed by atoms with Crippen molar-refractivity contribution >= 4 is 9.84 Å². The summed E-state index contributed by atoms with van der Waals surface area (Å²) in [5.41, 5.74) is -5.40. The van der Waals surface area contributed by atoms with Crippen LogP contribution in [0, 0.1) is 0 Å². The van der Waals surface area contributed by atoms with Crippen molar-refractivity contribution in [1.29, 1.82) is 0 Å². The SMILES string of the molecule is O=S(=O)(c1ccccc1O)C(F)(F)F. The molecule has 1 rings (SSSR count). The number of hydrogen-bond donors (Lipinski definition) is 1. The van der Waals surface area contributed by atoms with Crippen molar-refractivity contribution in [2.75, 3.05) is 0 Å². The molecule has 0 aromatic heterocycles. The first-order valence-corrected chi connectivity index (χ1v) is 4.84. The van der Waals surface area contributed by atoms with Gasteiger partial charge >= 0.3 is 5.51 Å². The van der Waals surface area contributed by atoms with Crippen LogP contribution in [-0.4, -0.2) is 19.0 Å². The summed E-state index contributed by atoms with van der Waals surface area (Å²) in [5.74, 6) is -0.912. The van der Waals surface area contributed by atoms with Gasteiger partial charge in [0, 0.05) is 0 Å². The molecule has 0 fully saturated rings. The van der Waals surface area contributed by atoms with Gasteiger partial charge in [-0.05, 0) is 12.1 Å². The molecule has 7 heteroatoms. The van der Waals surface area contributed by atoms with Gasteiger partial charge in [-0.2, -0.15) is 13.2 Å². The van der Waals surface area contributed by atoms with Gasteiger partial charge in [0.2, 0.25) is 0 Å². The van der Waals surface area contributed by atoms with E-state index in [0.717, 1.165) is 12.1 Å². The van der Waals surface area contributed by atoms with E-state index in [2.05, 4.69) is 0 Å². The number of halogens is 3. The fraction of sp³-hybridized carbons (Fsp3) is 0.143. The summed E-state index contributed by atoms with van der Waals surface area (Å²) < 4.78 is 57.6. The highest BCUT2D eigenvalue weighted by atomic mass is 32.2. The van der Waals surface area contributed by atoms with Crippen molar-refractivity contribution < 1.29 is 26.7 Å². The minimum atomic E-state index is -5.46. The fourth-order valence-corrected chi connectivity index (χ4v) is 1.66. The Morgan fingerprint density at radius 1 is 1.14 bits per heavy atom. The minimum Gasteiger partial charge on any atom is -0.507 e. The predicted molar refractivity (Wildman–Crippen MR) is 41.3 cm³/mol. The van der Waals surface area contributed by atoms with Crippen LogP contribution in [0.5, 0.6) is 5.75 Å². The largest absolute Gasteiger partial charge is 0.507 e. The zero-order valence-electron chi connectivity index (χ0n) is 6.62. The van der Waals surface area contributed by atoms with Crippen molar-refractivity contribution in [2.45, 2.75) is 10.4 Å². The molecule has 0 saturated heterocycles. The Morgan fingerprint density at radius 3 is 2.07 bits per heavy atom. The minimum absolute atomic E-state index is 0.693. The average Bonchev–Trinajstić information content (AvgIpc) is 2.02. The Kier molecular flexibility index (Phi) is 2.45. The molecule has 0 aliphatic heterocycles. The van der Waals surface area contributed by atoms with Crippen LogP contribution in [0.1, 0.15) is 0 Å². The molecule has 0 aliphatic carbocycles. The van der Waals surface area contributed by atoms with Crippen LogP contribution < -0.4 is 0 Å². The third-order valence-corrected chi connectivity index (χ3v) is 2.99.